The smallest absolute Gasteiger partial charge is 0.344 e. The molecule has 0 radical (unpaired) electrons. The number of carbonyl (C=O) groups is 2. The standard InChI is InChI=1S/C12H16O8S/c1-3-10(13)17-6-11(14)18-8-5-12(2)9(20-21(15)16)4-7(8)19-12/h3,7-9H,1,4-6H2,2H3,(H,15,16)/p-1. The summed E-state index contributed by atoms with van der Waals surface area (Å²) in [6.07, 6.45) is 0.0528. The molecule has 5 unspecified atom stereocenters. The third kappa shape index (κ3) is 3.67. The number of carbonyl (C=O) groups excluding carboxylic acids is 2. The summed E-state index contributed by atoms with van der Waals surface area (Å²) in [5.41, 5.74) is -0.812. The van der Waals surface area contributed by atoms with Crippen molar-refractivity contribution in [3.05, 3.63) is 12.7 Å². The molecule has 2 fully saturated rings. The summed E-state index contributed by atoms with van der Waals surface area (Å²) in [7, 11) is 0. The summed E-state index contributed by atoms with van der Waals surface area (Å²) in [5.74, 6) is -1.41. The first-order valence-electron chi connectivity index (χ1n) is 6.27. The zero-order valence-electron chi connectivity index (χ0n) is 11.3. The minimum atomic E-state index is -2.62. The summed E-state index contributed by atoms with van der Waals surface area (Å²) in [6, 6.07) is 0. The van der Waals surface area contributed by atoms with Crippen LogP contribution in [-0.4, -0.2) is 51.2 Å². The van der Waals surface area contributed by atoms with E-state index >= 15 is 0 Å². The molecule has 0 amide bonds. The lowest BCUT2D eigenvalue weighted by Gasteiger charge is -2.31. The van der Waals surface area contributed by atoms with Crippen molar-refractivity contribution in [1.82, 2.24) is 0 Å². The molecule has 0 saturated carbocycles. The predicted octanol–water partition coefficient (Wildman–Crippen LogP) is -0.242. The fourth-order valence-corrected chi connectivity index (χ4v) is 3.09. The summed E-state index contributed by atoms with van der Waals surface area (Å²) >= 11 is -2.62. The SMILES string of the molecule is C=CC(=O)OCC(=O)OC1CC2(C)OC1CC2OS(=O)[O-]. The third-order valence-corrected chi connectivity index (χ3v) is 3.94. The van der Waals surface area contributed by atoms with Gasteiger partial charge < -0.3 is 18.8 Å². The lowest BCUT2D eigenvalue weighted by atomic mass is 9.85. The van der Waals surface area contributed by atoms with Gasteiger partial charge in [-0.25, -0.2) is 13.8 Å². The number of esters is 2. The molecule has 0 aromatic carbocycles. The van der Waals surface area contributed by atoms with Crippen LogP contribution in [0, 0.1) is 0 Å². The number of fused-ring (bicyclic) bond motifs is 2. The Morgan fingerprint density at radius 2 is 2.29 bits per heavy atom. The van der Waals surface area contributed by atoms with Crippen molar-refractivity contribution in [1.29, 1.82) is 0 Å². The molecule has 2 rings (SSSR count). The average molecular weight is 319 g/mol. The van der Waals surface area contributed by atoms with Crippen LogP contribution in [0.25, 0.3) is 0 Å². The van der Waals surface area contributed by atoms with Gasteiger partial charge in [-0.05, 0) is 6.92 Å². The quantitative estimate of drug-likeness (QED) is 0.374. The minimum Gasteiger partial charge on any atom is -0.750 e. The van der Waals surface area contributed by atoms with Gasteiger partial charge in [0.15, 0.2) is 6.61 Å². The molecule has 2 heterocycles. The van der Waals surface area contributed by atoms with Gasteiger partial charge in [0, 0.05) is 18.9 Å². The first-order valence-corrected chi connectivity index (χ1v) is 7.27. The molecule has 0 aromatic rings. The molecule has 0 spiro atoms. The first-order chi connectivity index (χ1) is 9.84. The van der Waals surface area contributed by atoms with E-state index < -0.39 is 53.8 Å². The van der Waals surface area contributed by atoms with Crippen molar-refractivity contribution < 1.29 is 36.7 Å². The molecule has 9 heteroatoms. The van der Waals surface area contributed by atoms with Crippen LogP contribution in [0.3, 0.4) is 0 Å². The van der Waals surface area contributed by atoms with Crippen LogP contribution in [0.1, 0.15) is 19.8 Å². The van der Waals surface area contributed by atoms with Crippen LogP contribution >= 0.6 is 0 Å². The van der Waals surface area contributed by atoms with Crippen molar-refractivity contribution in [2.75, 3.05) is 6.61 Å². The molecule has 2 aliphatic heterocycles. The Hall–Kier alpha value is -1.29. The van der Waals surface area contributed by atoms with Crippen LogP contribution in [0.5, 0.6) is 0 Å². The van der Waals surface area contributed by atoms with Gasteiger partial charge in [0.25, 0.3) is 0 Å². The first kappa shape index (κ1) is 16.1. The Balaban J connectivity index is 1.84. The average Bonchev–Trinajstić information content (AvgIpc) is 2.87. The molecule has 21 heavy (non-hydrogen) atoms. The van der Waals surface area contributed by atoms with E-state index in [2.05, 4.69) is 11.3 Å². The molecular formula is C12H15O8S-. The molecule has 0 aromatic heterocycles. The summed E-state index contributed by atoms with van der Waals surface area (Å²) in [5, 5.41) is 0. The van der Waals surface area contributed by atoms with Crippen LogP contribution < -0.4 is 0 Å². The molecule has 0 N–H and O–H groups in total. The van der Waals surface area contributed by atoms with E-state index in [1.54, 1.807) is 6.92 Å². The van der Waals surface area contributed by atoms with Crippen molar-refractivity contribution in [3.63, 3.8) is 0 Å². The van der Waals surface area contributed by atoms with Gasteiger partial charge in [-0.15, -0.1) is 0 Å². The molecule has 5 atom stereocenters. The second kappa shape index (κ2) is 6.22. The van der Waals surface area contributed by atoms with E-state index in [9.17, 15) is 18.4 Å². The Kier molecular flexibility index (Phi) is 4.77. The predicted molar refractivity (Wildman–Crippen MR) is 67.3 cm³/mol. The van der Waals surface area contributed by atoms with Crippen molar-refractivity contribution in [2.45, 2.75) is 43.7 Å². The Morgan fingerprint density at radius 1 is 1.57 bits per heavy atom. The van der Waals surface area contributed by atoms with Crippen molar-refractivity contribution in [2.24, 2.45) is 0 Å². The van der Waals surface area contributed by atoms with Gasteiger partial charge in [-0.3, -0.25) is 4.18 Å². The van der Waals surface area contributed by atoms with E-state index in [1.807, 2.05) is 0 Å². The minimum absolute atomic E-state index is 0.314. The van der Waals surface area contributed by atoms with E-state index in [-0.39, 0.29) is 0 Å². The third-order valence-electron chi connectivity index (χ3n) is 3.55. The maximum Gasteiger partial charge on any atom is 0.344 e. The Bertz CT molecular complexity index is 478. The second-order valence-electron chi connectivity index (χ2n) is 5.04. The topological polar surface area (TPSA) is 111 Å². The normalized spacial score (nSPS) is 35.2. The van der Waals surface area contributed by atoms with Gasteiger partial charge in [0.2, 0.25) is 0 Å². The largest absolute Gasteiger partial charge is 0.750 e. The van der Waals surface area contributed by atoms with E-state index in [4.69, 9.17) is 13.7 Å². The monoisotopic (exact) mass is 319 g/mol. The number of hydrogen-bond donors (Lipinski definition) is 0. The van der Waals surface area contributed by atoms with Crippen molar-refractivity contribution >= 4 is 23.3 Å². The summed E-state index contributed by atoms with van der Waals surface area (Å²) < 4.78 is 41.3. The molecule has 2 bridgehead atoms. The molecule has 2 aliphatic rings. The second-order valence-corrected chi connectivity index (χ2v) is 5.64. The molecule has 118 valence electrons. The van der Waals surface area contributed by atoms with Gasteiger partial charge in [-0.2, -0.15) is 0 Å². The zero-order valence-corrected chi connectivity index (χ0v) is 12.1. The lowest BCUT2D eigenvalue weighted by molar-refractivity contribution is -0.162. The van der Waals surface area contributed by atoms with Gasteiger partial charge in [-0.1, -0.05) is 6.58 Å². The molecule has 2 saturated heterocycles. The van der Waals surface area contributed by atoms with Crippen molar-refractivity contribution in [3.8, 4) is 0 Å². The lowest BCUT2D eigenvalue weighted by Crippen LogP contribution is -2.42. The fourth-order valence-electron chi connectivity index (χ4n) is 2.61. The highest BCUT2D eigenvalue weighted by Gasteiger charge is 2.58. The van der Waals surface area contributed by atoms with Crippen LogP contribution in [0.15, 0.2) is 12.7 Å². The van der Waals surface area contributed by atoms with Gasteiger partial charge in [0.05, 0.1) is 23.1 Å². The van der Waals surface area contributed by atoms with Crippen LogP contribution in [0.2, 0.25) is 0 Å². The van der Waals surface area contributed by atoms with E-state index in [1.165, 1.54) is 0 Å². The number of hydrogen-bond acceptors (Lipinski definition) is 8. The Labute approximate surface area is 123 Å². The molecule has 8 nitrogen and oxygen atoms in total. The highest BCUT2D eigenvalue weighted by Crippen LogP contribution is 2.46. The summed E-state index contributed by atoms with van der Waals surface area (Å²) in [4.78, 5) is 22.4. The van der Waals surface area contributed by atoms with Gasteiger partial charge >= 0.3 is 11.9 Å². The van der Waals surface area contributed by atoms with E-state index in [0.29, 0.717) is 12.8 Å². The number of ether oxygens (including phenoxy) is 3. The summed E-state index contributed by atoms with van der Waals surface area (Å²) in [6.45, 7) is 4.40. The maximum absolute atomic E-state index is 11.5. The Morgan fingerprint density at radius 3 is 2.81 bits per heavy atom. The highest BCUT2D eigenvalue weighted by molar-refractivity contribution is 7.74. The van der Waals surface area contributed by atoms with Crippen LogP contribution in [-0.2, 0) is 39.3 Å². The number of rotatable bonds is 6. The van der Waals surface area contributed by atoms with Crippen LogP contribution in [0.4, 0.5) is 0 Å². The van der Waals surface area contributed by atoms with Gasteiger partial charge in [0.1, 0.15) is 12.2 Å². The molecular weight excluding hydrogens is 304 g/mol. The zero-order chi connectivity index (χ0) is 15.6. The van der Waals surface area contributed by atoms with E-state index in [0.717, 1.165) is 6.08 Å². The maximum atomic E-state index is 11.5. The fraction of sp³-hybridized carbons (Fsp3) is 0.667. The molecule has 0 aliphatic carbocycles. The highest BCUT2D eigenvalue weighted by atomic mass is 32.2.